The van der Waals surface area contributed by atoms with E-state index in [4.69, 9.17) is 21.9 Å². The predicted octanol–water partition coefficient (Wildman–Crippen LogP) is -5.03. The number of nitrogens with zero attached hydrogens (tertiary/aromatic N) is 1. The number of benzene rings is 1. The van der Waals surface area contributed by atoms with E-state index in [1.807, 2.05) is 0 Å². The zero-order valence-corrected chi connectivity index (χ0v) is 48.5. The van der Waals surface area contributed by atoms with Gasteiger partial charge in [0, 0.05) is 89.7 Å². The number of H-pyrrole nitrogens is 1. The molecule has 0 radical (unpaired) electrons. The number of carbonyl (C=O) groups excluding carboxylic acids is 11. The number of aldehydes is 1. The van der Waals surface area contributed by atoms with Crippen molar-refractivity contribution in [2.45, 2.75) is 125 Å². The lowest BCUT2D eigenvalue weighted by Gasteiger charge is -2.29. The van der Waals surface area contributed by atoms with Crippen LogP contribution in [0.15, 0.2) is 29.3 Å². The van der Waals surface area contributed by atoms with Crippen molar-refractivity contribution in [2.75, 3.05) is 64.6 Å². The largest absolute Gasteiger partial charge is 0.610 e. The smallest absolute Gasteiger partial charge is 0.253 e. The Morgan fingerprint density at radius 2 is 1.53 bits per heavy atom. The zero-order chi connectivity index (χ0) is 61.9. The van der Waals surface area contributed by atoms with Gasteiger partial charge in [-0.05, 0) is 30.9 Å². The molecule has 1 unspecified atom stereocenters. The van der Waals surface area contributed by atoms with Crippen molar-refractivity contribution in [3.8, 4) is 5.75 Å². The minimum Gasteiger partial charge on any atom is -0.610 e. The molecule has 1 aliphatic heterocycles. The fourth-order valence-electron chi connectivity index (χ4n) is 8.51. The number of fused-ring (bicyclic) bond motifs is 1. The lowest BCUT2D eigenvalue weighted by Crippen LogP contribution is -2.56. The SMILES string of the molecule is CC[C@H](C)[C@H](NC(=O)CN)C(=O)NCC(=O)N[C@H](C=O)C[S+]([O-])c1[nH]c2c(CSCCNC(=O)CCCCCN3C(=O)C=CC3=O)c(OC)ccc2c1C[C@@H](CO)NC(=O)[C@@H](NC(=O)C[C@@H](O)CNC(=O)[C@@H](N)CC(N)=O)[C@@H](C)[C@@H](O)CO. The van der Waals surface area contributed by atoms with E-state index in [1.165, 1.54) is 37.9 Å². The lowest BCUT2D eigenvalue weighted by atomic mass is 9.94. The van der Waals surface area contributed by atoms with Crippen molar-refractivity contribution >= 4 is 99.2 Å². The van der Waals surface area contributed by atoms with Crippen LogP contribution in [0.3, 0.4) is 0 Å². The first-order valence-corrected chi connectivity index (χ1v) is 29.4. The van der Waals surface area contributed by atoms with E-state index in [1.54, 1.807) is 26.0 Å². The first kappa shape index (κ1) is 70.6. The highest BCUT2D eigenvalue weighted by molar-refractivity contribution is 7.98. The maximum atomic E-state index is 14.6. The van der Waals surface area contributed by atoms with Gasteiger partial charge in [-0.25, -0.2) is 0 Å². The Labute approximate surface area is 487 Å². The number of rotatable bonds is 40. The molecule has 462 valence electrons. The number of aliphatic hydroxyl groups excluding tert-OH is 4. The van der Waals surface area contributed by atoms with Crippen LogP contribution < -0.4 is 59.2 Å². The van der Waals surface area contributed by atoms with Crippen molar-refractivity contribution < 1.29 is 82.5 Å². The van der Waals surface area contributed by atoms with E-state index >= 15 is 0 Å². The van der Waals surface area contributed by atoms with Crippen LogP contribution in [0.4, 0.5) is 0 Å². The van der Waals surface area contributed by atoms with E-state index in [0.29, 0.717) is 59.9 Å². The third-order valence-corrected chi connectivity index (χ3v) is 15.9. The van der Waals surface area contributed by atoms with E-state index in [-0.39, 0.29) is 72.5 Å². The van der Waals surface area contributed by atoms with Crippen molar-refractivity contribution in [1.29, 1.82) is 0 Å². The molecule has 0 fully saturated rings. The maximum absolute atomic E-state index is 14.6. The summed E-state index contributed by atoms with van der Waals surface area (Å²) in [5.41, 5.74) is 17.3. The average molecular weight is 1210 g/mol. The van der Waals surface area contributed by atoms with Gasteiger partial charge in [0.25, 0.3) is 11.8 Å². The van der Waals surface area contributed by atoms with Crippen LogP contribution in [0.2, 0.25) is 0 Å². The highest BCUT2D eigenvalue weighted by Crippen LogP contribution is 2.36. The number of nitrogens with one attached hydrogen (secondary N) is 8. The van der Waals surface area contributed by atoms with Crippen LogP contribution in [-0.4, -0.2) is 207 Å². The summed E-state index contributed by atoms with van der Waals surface area (Å²) in [7, 11) is 1.43. The quantitative estimate of drug-likeness (QED) is 0.0129. The molecular weight excluding hydrogens is 1130 g/mol. The summed E-state index contributed by atoms with van der Waals surface area (Å²) in [5.74, 6) is -7.62. The summed E-state index contributed by atoms with van der Waals surface area (Å²) in [6, 6.07) is -3.34. The summed E-state index contributed by atoms with van der Waals surface area (Å²) in [4.78, 5) is 142. The number of amides is 10. The average Bonchev–Trinajstić information content (AvgIpc) is 3.85. The summed E-state index contributed by atoms with van der Waals surface area (Å²) >= 11 is -0.785. The third-order valence-electron chi connectivity index (χ3n) is 13.4. The molecule has 0 spiro atoms. The monoisotopic (exact) mass is 1210 g/mol. The number of hydrogen-bond acceptors (Lipinski definition) is 20. The van der Waals surface area contributed by atoms with Crippen LogP contribution in [0.5, 0.6) is 5.75 Å². The van der Waals surface area contributed by atoms with Gasteiger partial charge < -0.3 is 93.9 Å². The third kappa shape index (κ3) is 22.8. The number of primary amides is 1. The van der Waals surface area contributed by atoms with Crippen LogP contribution in [0, 0.1) is 11.8 Å². The molecule has 0 aliphatic carbocycles. The number of nitrogens with two attached hydrogens (primary N) is 3. The molecule has 3 rings (SSSR count). The number of ether oxygens (including phenoxy) is 1. The summed E-state index contributed by atoms with van der Waals surface area (Å²) in [5, 5.41) is 59.8. The Balaban J connectivity index is 1.89. The number of carbonyl (C=O) groups is 11. The highest BCUT2D eigenvalue weighted by Gasteiger charge is 2.35. The molecule has 10 atom stereocenters. The molecule has 83 heavy (non-hydrogen) atoms. The summed E-state index contributed by atoms with van der Waals surface area (Å²) < 4.78 is 20.3. The molecular formula is C52H80N12O17S2. The number of aliphatic hydroxyl groups is 4. The van der Waals surface area contributed by atoms with Crippen molar-refractivity contribution in [2.24, 2.45) is 29.0 Å². The number of aromatic amines is 1. The Bertz CT molecular complexity index is 2590. The maximum Gasteiger partial charge on any atom is 0.253 e. The minimum atomic E-state index is -2.20. The Hall–Kier alpha value is -6.71. The molecule has 1 aromatic carbocycles. The van der Waals surface area contributed by atoms with Gasteiger partial charge in [-0.3, -0.25) is 52.8 Å². The normalized spacial score (nSPS) is 15.8. The predicted molar refractivity (Wildman–Crippen MR) is 303 cm³/mol. The summed E-state index contributed by atoms with van der Waals surface area (Å²) in [6.45, 7) is 2.28. The summed E-state index contributed by atoms with van der Waals surface area (Å²) in [6.07, 6.45) is 0.622. The second kappa shape index (κ2) is 36.1. The van der Waals surface area contributed by atoms with Gasteiger partial charge in [-0.15, -0.1) is 0 Å². The van der Waals surface area contributed by atoms with Gasteiger partial charge in [0.15, 0.2) is 0 Å². The van der Waals surface area contributed by atoms with Gasteiger partial charge in [0.1, 0.15) is 35.9 Å². The highest BCUT2D eigenvalue weighted by atomic mass is 32.2. The second-order valence-corrected chi connectivity index (χ2v) is 22.3. The molecule has 2 aromatic rings. The number of aromatic nitrogens is 1. The van der Waals surface area contributed by atoms with Gasteiger partial charge in [0.05, 0.1) is 76.1 Å². The molecule has 0 saturated carbocycles. The topological polar surface area (TPSA) is 482 Å². The standard InChI is InChI=1S/C52H80N12O17S2/c1-5-28(2)46(62-42(73)20-53)50(78)58-22-43(74)59-31(24-66)27-83(80)52-34(17-30(23-65)60-51(79)47(29(3)37(69)25-67)61-41(72)18-32(68)21-57-49(77)36(54)19-39(55)70)33-10-11-38(81-4)35(48(33)63-52)26-82-16-14-56-40(71)9-7-6-8-15-64-44(75)12-13-45(64)76/h10-13,24,28-32,36-37,46-47,63,65,67-69H,5-9,14-23,25-27,53-54H2,1-4H3,(H2,55,70)(H,56,71)(H,57,77)(H,58,78)(H,59,74)(H,60,79)(H,61,72)(H,62,73)/t28-,29-,30-,31+,32+,36-,37-,46-,47-,83?/m0/s1. The molecule has 1 aliphatic rings. The van der Waals surface area contributed by atoms with Gasteiger partial charge in [0.2, 0.25) is 52.3 Å². The minimum absolute atomic E-state index is 0.00166. The van der Waals surface area contributed by atoms with Crippen molar-refractivity contribution in [3.05, 3.63) is 35.4 Å². The lowest BCUT2D eigenvalue weighted by molar-refractivity contribution is -0.137. The van der Waals surface area contributed by atoms with Gasteiger partial charge in [-0.1, -0.05) is 33.6 Å². The van der Waals surface area contributed by atoms with E-state index < -0.39 is 146 Å². The number of thioether (sulfide) groups is 1. The van der Waals surface area contributed by atoms with Gasteiger partial charge in [-0.2, -0.15) is 11.8 Å². The number of unbranched alkanes of at least 4 members (excludes halogenated alkanes) is 2. The first-order chi connectivity index (χ1) is 39.4. The van der Waals surface area contributed by atoms with E-state index in [0.717, 1.165) is 4.90 Å². The first-order valence-electron chi connectivity index (χ1n) is 26.9. The van der Waals surface area contributed by atoms with Crippen LogP contribution in [0.25, 0.3) is 10.9 Å². The van der Waals surface area contributed by atoms with Gasteiger partial charge >= 0.3 is 0 Å². The fourth-order valence-corrected chi connectivity index (χ4v) is 10.7. The molecule has 31 heteroatoms. The van der Waals surface area contributed by atoms with Crippen LogP contribution in [0.1, 0.15) is 76.8 Å². The van der Waals surface area contributed by atoms with E-state index in [9.17, 15) is 77.7 Å². The molecule has 10 amide bonds. The Morgan fingerprint density at radius 1 is 0.843 bits per heavy atom. The molecule has 29 nitrogen and oxygen atoms in total. The Morgan fingerprint density at radius 3 is 2.14 bits per heavy atom. The van der Waals surface area contributed by atoms with Crippen molar-refractivity contribution in [1.82, 2.24) is 47.1 Å². The molecule has 18 N–H and O–H groups in total. The van der Waals surface area contributed by atoms with Crippen molar-refractivity contribution in [3.63, 3.8) is 0 Å². The van der Waals surface area contributed by atoms with Crippen LogP contribution >= 0.6 is 11.8 Å². The molecule has 2 heterocycles. The molecule has 0 saturated heterocycles. The Kier molecular flexibility index (Phi) is 30.7. The second-order valence-electron chi connectivity index (χ2n) is 19.8. The molecule has 0 bridgehead atoms. The van der Waals surface area contributed by atoms with Crippen LogP contribution in [-0.2, 0) is 76.1 Å². The number of hydrogen-bond donors (Lipinski definition) is 15. The number of methoxy groups -OCH3 is 1. The zero-order valence-electron chi connectivity index (χ0n) is 46.9. The molecule has 1 aromatic heterocycles. The van der Waals surface area contributed by atoms with E-state index in [2.05, 4.69) is 42.2 Å². The fraction of sp³-hybridized carbons (Fsp3) is 0.596. The number of imide groups is 1.